The van der Waals surface area contributed by atoms with Crippen molar-refractivity contribution in [2.24, 2.45) is 4.99 Å². The van der Waals surface area contributed by atoms with Crippen LogP contribution in [0.15, 0.2) is 23.2 Å². The van der Waals surface area contributed by atoms with Gasteiger partial charge in [0.05, 0.1) is 11.3 Å². The fourth-order valence-corrected chi connectivity index (χ4v) is 3.59. The molecule has 2 aliphatic rings. The number of aliphatic imine (C=N–C) groups is 1. The van der Waals surface area contributed by atoms with Gasteiger partial charge in [-0.1, -0.05) is 30.9 Å². The number of nitrogens with zero attached hydrogens (tertiary/aromatic N) is 3. The highest BCUT2D eigenvalue weighted by atomic mass is 35.5. The zero-order chi connectivity index (χ0) is 14.7. The van der Waals surface area contributed by atoms with Gasteiger partial charge in [0.1, 0.15) is 11.9 Å². The third kappa shape index (κ3) is 3.22. The van der Waals surface area contributed by atoms with Gasteiger partial charge in [-0.15, -0.1) is 0 Å². The maximum Gasteiger partial charge on any atom is 0.105 e. The second-order valence-electron chi connectivity index (χ2n) is 5.89. The van der Waals surface area contributed by atoms with Crippen LogP contribution in [0.25, 0.3) is 0 Å². The summed E-state index contributed by atoms with van der Waals surface area (Å²) in [4.78, 5) is 7.27. The normalized spacial score (nSPS) is 21.7. The molecule has 1 aliphatic heterocycles. The van der Waals surface area contributed by atoms with Crippen LogP contribution in [0.4, 0.5) is 5.69 Å². The SMILES string of the molecule is N#Cc1cc(Cl)ccc1/N=C1\CCCN1C1CCCCC1. The minimum absolute atomic E-state index is 0.561. The Morgan fingerprint density at radius 1 is 1.19 bits per heavy atom. The van der Waals surface area contributed by atoms with Crippen LogP contribution >= 0.6 is 11.6 Å². The Bertz CT molecular complexity index is 582. The van der Waals surface area contributed by atoms with Gasteiger partial charge < -0.3 is 4.90 Å². The lowest BCUT2D eigenvalue weighted by Gasteiger charge is -2.32. The first kappa shape index (κ1) is 14.4. The monoisotopic (exact) mass is 301 g/mol. The molecule has 0 bridgehead atoms. The van der Waals surface area contributed by atoms with Gasteiger partial charge in [0.15, 0.2) is 0 Å². The quantitative estimate of drug-likeness (QED) is 0.796. The van der Waals surface area contributed by atoms with E-state index in [1.54, 1.807) is 6.07 Å². The molecule has 2 fully saturated rings. The molecule has 21 heavy (non-hydrogen) atoms. The first-order valence-electron chi connectivity index (χ1n) is 7.82. The van der Waals surface area contributed by atoms with E-state index < -0.39 is 0 Å². The molecule has 0 atom stereocenters. The number of hydrogen-bond acceptors (Lipinski definition) is 2. The molecule has 1 aliphatic carbocycles. The minimum atomic E-state index is 0.561. The van der Waals surface area contributed by atoms with Crippen molar-refractivity contribution in [1.29, 1.82) is 5.26 Å². The second-order valence-corrected chi connectivity index (χ2v) is 6.33. The fraction of sp³-hybridized carbons (Fsp3) is 0.529. The van der Waals surface area contributed by atoms with E-state index in [1.807, 2.05) is 12.1 Å². The summed E-state index contributed by atoms with van der Waals surface area (Å²) in [6.07, 6.45) is 8.79. The number of amidine groups is 1. The van der Waals surface area contributed by atoms with E-state index in [2.05, 4.69) is 11.0 Å². The van der Waals surface area contributed by atoms with E-state index in [0.717, 1.165) is 24.5 Å². The molecule has 0 amide bonds. The Balaban J connectivity index is 1.86. The van der Waals surface area contributed by atoms with Crippen molar-refractivity contribution in [3.05, 3.63) is 28.8 Å². The van der Waals surface area contributed by atoms with Crippen molar-refractivity contribution in [3.63, 3.8) is 0 Å². The lowest BCUT2D eigenvalue weighted by atomic mass is 9.94. The molecule has 0 N–H and O–H groups in total. The summed E-state index contributed by atoms with van der Waals surface area (Å²) in [6.45, 7) is 1.11. The van der Waals surface area contributed by atoms with Crippen LogP contribution in [-0.4, -0.2) is 23.3 Å². The number of likely N-dealkylation sites (tertiary alicyclic amines) is 1. The lowest BCUT2D eigenvalue weighted by Crippen LogP contribution is -2.37. The molecule has 1 aromatic carbocycles. The molecule has 0 aromatic heterocycles. The Kier molecular flexibility index (Phi) is 4.45. The van der Waals surface area contributed by atoms with Crippen molar-refractivity contribution < 1.29 is 0 Å². The second kappa shape index (κ2) is 6.49. The van der Waals surface area contributed by atoms with Gasteiger partial charge in [0.2, 0.25) is 0 Å². The number of rotatable bonds is 2. The molecule has 1 heterocycles. The van der Waals surface area contributed by atoms with E-state index >= 15 is 0 Å². The molecule has 3 rings (SSSR count). The third-order valence-corrected chi connectivity index (χ3v) is 4.71. The van der Waals surface area contributed by atoms with Crippen LogP contribution < -0.4 is 0 Å². The average molecular weight is 302 g/mol. The largest absolute Gasteiger partial charge is 0.357 e. The number of benzene rings is 1. The van der Waals surface area contributed by atoms with Gasteiger partial charge >= 0.3 is 0 Å². The number of halogens is 1. The van der Waals surface area contributed by atoms with Gasteiger partial charge in [-0.3, -0.25) is 0 Å². The summed E-state index contributed by atoms with van der Waals surface area (Å²) in [6, 6.07) is 8.20. The van der Waals surface area contributed by atoms with E-state index in [9.17, 15) is 5.26 Å². The first-order chi connectivity index (χ1) is 10.3. The molecular weight excluding hydrogens is 282 g/mol. The van der Waals surface area contributed by atoms with Crippen molar-refractivity contribution in [3.8, 4) is 6.07 Å². The van der Waals surface area contributed by atoms with Gasteiger partial charge in [-0.25, -0.2) is 4.99 Å². The highest BCUT2D eigenvalue weighted by molar-refractivity contribution is 6.30. The van der Waals surface area contributed by atoms with Crippen LogP contribution in [0, 0.1) is 11.3 Å². The van der Waals surface area contributed by atoms with Crippen molar-refractivity contribution in [2.75, 3.05) is 6.54 Å². The summed E-state index contributed by atoms with van der Waals surface area (Å²) < 4.78 is 0. The zero-order valence-electron chi connectivity index (χ0n) is 12.2. The van der Waals surface area contributed by atoms with E-state index in [1.165, 1.54) is 38.5 Å². The predicted molar refractivity (Wildman–Crippen MR) is 86.1 cm³/mol. The van der Waals surface area contributed by atoms with Gasteiger partial charge in [-0.05, 0) is 37.5 Å². The van der Waals surface area contributed by atoms with Crippen LogP contribution in [0.3, 0.4) is 0 Å². The Morgan fingerprint density at radius 2 is 2.00 bits per heavy atom. The lowest BCUT2D eigenvalue weighted by molar-refractivity contribution is 0.258. The standard InChI is InChI=1S/C17H20ClN3/c18-14-8-9-16(13(11-14)12-19)20-17-7-4-10-21(17)15-5-2-1-3-6-15/h8-9,11,15H,1-7,10H2/b20-17+. The van der Waals surface area contributed by atoms with Crippen LogP contribution in [0.1, 0.15) is 50.5 Å². The van der Waals surface area contributed by atoms with Crippen LogP contribution in [-0.2, 0) is 0 Å². The average Bonchev–Trinajstić information content (AvgIpc) is 2.98. The predicted octanol–water partition coefficient (Wildman–Crippen LogP) is 4.67. The smallest absolute Gasteiger partial charge is 0.105 e. The molecule has 1 saturated carbocycles. The topological polar surface area (TPSA) is 39.4 Å². The summed E-state index contributed by atoms with van der Waals surface area (Å²) >= 11 is 5.95. The van der Waals surface area contributed by atoms with Gasteiger partial charge in [-0.2, -0.15) is 5.26 Å². The number of nitriles is 1. The Hall–Kier alpha value is -1.53. The van der Waals surface area contributed by atoms with Crippen molar-refractivity contribution in [2.45, 2.75) is 51.0 Å². The van der Waals surface area contributed by atoms with E-state index in [-0.39, 0.29) is 0 Å². The summed E-state index contributed by atoms with van der Waals surface area (Å²) in [7, 11) is 0. The molecular formula is C17H20ClN3. The fourth-order valence-electron chi connectivity index (χ4n) is 3.42. The molecule has 1 saturated heterocycles. The molecule has 0 radical (unpaired) electrons. The van der Waals surface area contributed by atoms with Crippen LogP contribution in [0.2, 0.25) is 5.02 Å². The highest BCUT2D eigenvalue weighted by Crippen LogP contribution is 2.29. The maximum atomic E-state index is 9.24. The molecule has 110 valence electrons. The minimum Gasteiger partial charge on any atom is -0.357 e. The molecule has 0 spiro atoms. The highest BCUT2D eigenvalue weighted by Gasteiger charge is 2.27. The van der Waals surface area contributed by atoms with Gasteiger partial charge in [0, 0.05) is 24.0 Å². The van der Waals surface area contributed by atoms with E-state index in [0.29, 0.717) is 16.6 Å². The summed E-state index contributed by atoms with van der Waals surface area (Å²) in [5, 5.41) is 9.83. The molecule has 1 aromatic rings. The zero-order valence-corrected chi connectivity index (χ0v) is 12.9. The first-order valence-corrected chi connectivity index (χ1v) is 8.19. The van der Waals surface area contributed by atoms with Crippen LogP contribution in [0.5, 0.6) is 0 Å². The van der Waals surface area contributed by atoms with Crippen molar-refractivity contribution in [1.82, 2.24) is 4.90 Å². The molecule has 0 unspecified atom stereocenters. The summed E-state index contributed by atoms with van der Waals surface area (Å²) in [5.41, 5.74) is 1.31. The third-order valence-electron chi connectivity index (χ3n) is 4.47. The number of hydrogen-bond donors (Lipinski definition) is 0. The maximum absolute atomic E-state index is 9.24. The van der Waals surface area contributed by atoms with Gasteiger partial charge in [0.25, 0.3) is 0 Å². The molecule has 4 heteroatoms. The Labute approximate surface area is 131 Å². The Morgan fingerprint density at radius 3 is 2.76 bits per heavy atom. The molecule has 3 nitrogen and oxygen atoms in total. The van der Waals surface area contributed by atoms with E-state index in [4.69, 9.17) is 16.6 Å². The van der Waals surface area contributed by atoms with Crippen molar-refractivity contribution >= 4 is 23.1 Å². The summed E-state index contributed by atoms with van der Waals surface area (Å²) in [5.74, 6) is 1.15.